The minimum absolute atomic E-state index is 0.817. The Kier molecular flexibility index (Phi) is 2.99. The van der Waals surface area contributed by atoms with Gasteiger partial charge in [-0.15, -0.1) is 0 Å². The molecule has 0 aromatic carbocycles. The van der Waals surface area contributed by atoms with Crippen molar-refractivity contribution in [2.75, 3.05) is 31.2 Å². The number of aryl methyl sites for hydroxylation is 1. The summed E-state index contributed by atoms with van der Waals surface area (Å²) in [5, 5.41) is 0. The highest BCUT2D eigenvalue weighted by atomic mass is 16.5. The first kappa shape index (κ1) is 9.46. The third-order valence-electron chi connectivity index (χ3n) is 2.55. The molecule has 76 valence electrons. The molecular formula is C11H16N2O. The second-order valence-corrected chi connectivity index (χ2v) is 3.48. The predicted octanol–water partition coefficient (Wildman–Crippen LogP) is 1.48. The molecule has 1 aromatic heterocycles. The Balaban J connectivity index is 2.07. The highest BCUT2D eigenvalue weighted by Crippen LogP contribution is 2.12. The Hall–Kier alpha value is -1.09. The van der Waals surface area contributed by atoms with Crippen LogP contribution in [0.15, 0.2) is 18.3 Å². The van der Waals surface area contributed by atoms with Gasteiger partial charge in [0.05, 0.1) is 13.2 Å². The molecule has 0 N–H and O–H groups in total. The first-order chi connectivity index (χ1) is 6.90. The molecule has 2 heterocycles. The van der Waals surface area contributed by atoms with Gasteiger partial charge < -0.3 is 9.64 Å². The number of hydrogen-bond acceptors (Lipinski definition) is 3. The fraction of sp³-hybridized carbons (Fsp3) is 0.545. The Morgan fingerprint density at radius 2 is 2.14 bits per heavy atom. The van der Waals surface area contributed by atoms with Crippen LogP contribution in [0.5, 0.6) is 0 Å². The molecule has 1 fully saturated rings. The van der Waals surface area contributed by atoms with Crippen LogP contribution in [-0.4, -0.2) is 31.3 Å². The van der Waals surface area contributed by atoms with E-state index in [1.165, 1.54) is 5.56 Å². The average Bonchev–Trinajstić information content (AvgIpc) is 2.30. The maximum absolute atomic E-state index is 5.30. The highest BCUT2D eigenvalue weighted by Gasteiger charge is 2.11. The summed E-state index contributed by atoms with van der Waals surface area (Å²) in [5.41, 5.74) is 1.29. The summed E-state index contributed by atoms with van der Waals surface area (Å²) in [6, 6.07) is 4.25. The lowest BCUT2D eigenvalue weighted by molar-refractivity contribution is 0.122. The van der Waals surface area contributed by atoms with Gasteiger partial charge in [-0.1, -0.05) is 13.0 Å². The Labute approximate surface area is 84.7 Å². The molecule has 0 spiro atoms. The smallest absolute Gasteiger partial charge is 0.128 e. The number of pyridine rings is 1. The highest BCUT2D eigenvalue weighted by molar-refractivity contribution is 5.39. The lowest BCUT2D eigenvalue weighted by Gasteiger charge is -2.27. The molecule has 14 heavy (non-hydrogen) atoms. The molecule has 1 aromatic rings. The van der Waals surface area contributed by atoms with E-state index < -0.39 is 0 Å². The number of ether oxygens (including phenoxy) is 1. The lowest BCUT2D eigenvalue weighted by Crippen LogP contribution is -2.36. The predicted molar refractivity (Wildman–Crippen MR) is 56.6 cm³/mol. The summed E-state index contributed by atoms with van der Waals surface area (Å²) in [6.45, 7) is 5.69. The van der Waals surface area contributed by atoms with E-state index in [0.29, 0.717) is 0 Å². The quantitative estimate of drug-likeness (QED) is 0.709. The van der Waals surface area contributed by atoms with Gasteiger partial charge in [0.1, 0.15) is 5.82 Å². The molecular weight excluding hydrogens is 176 g/mol. The summed E-state index contributed by atoms with van der Waals surface area (Å²) in [6.07, 6.45) is 3.02. The van der Waals surface area contributed by atoms with Crippen molar-refractivity contribution in [2.24, 2.45) is 0 Å². The van der Waals surface area contributed by atoms with Gasteiger partial charge in [-0.05, 0) is 18.1 Å². The van der Waals surface area contributed by atoms with Crippen LogP contribution in [0.25, 0.3) is 0 Å². The zero-order chi connectivity index (χ0) is 9.80. The summed E-state index contributed by atoms with van der Waals surface area (Å²) >= 11 is 0. The van der Waals surface area contributed by atoms with Crippen molar-refractivity contribution in [3.05, 3.63) is 23.9 Å². The zero-order valence-electron chi connectivity index (χ0n) is 8.57. The molecule has 3 heteroatoms. The van der Waals surface area contributed by atoms with Crippen molar-refractivity contribution in [1.29, 1.82) is 0 Å². The molecule has 1 aliphatic heterocycles. The third-order valence-corrected chi connectivity index (χ3v) is 2.55. The third kappa shape index (κ3) is 2.04. The van der Waals surface area contributed by atoms with Gasteiger partial charge in [-0.2, -0.15) is 0 Å². The van der Waals surface area contributed by atoms with Crippen LogP contribution in [0.4, 0.5) is 5.82 Å². The van der Waals surface area contributed by atoms with Crippen LogP contribution in [0.3, 0.4) is 0 Å². The standard InChI is InChI=1S/C11H16N2O/c1-2-10-3-4-11(12-9-10)13-5-7-14-8-6-13/h3-4,9H,2,5-8H2,1H3. The molecule has 3 nitrogen and oxygen atoms in total. The normalized spacial score (nSPS) is 17.1. The maximum atomic E-state index is 5.30. The SMILES string of the molecule is CCc1ccc(N2CCOCC2)nc1. The van der Waals surface area contributed by atoms with Crippen LogP contribution < -0.4 is 4.90 Å². The van der Waals surface area contributed by atoms with Crippen molar-refractivity contribution in [2.45, 2.75) is 13.3 Å². The monoisotopic (exact) mass is 192 g/mol. The lowest BCUT2D eigenvalue weighted by atomic mass is 10.2. The van der Waals surface area contributed by atoms with Crippen LogP contribution in [0, 0.1) is 0 Å². The maximum Gasteiger partial charge on any atom is 0.128 e. The Morgan fingerprint density at radius 1 is 1.36 bits per heavy atom. The van der Waals surface area contributed by atoms with E-state index in [-0.39, 0.29) is 0 Å². The van der Waals surface area contributed by atoms with E-state index in [1.54, 1.807) is 0 Å². The summed E-state index contributed by atoms with van der Waals surface area (Å²) in [5.74, 6) is 1.07. The molecule has 2 rings (SSSR count). The van der Waals surface area contributed by atoms with Crippen LogP contribution in [0.1, 0.15) is 12.5 Å². The van der Waals surface area contributed by atoms with E-state index in [4.69, 9.17) is 4.74 Å². The van der Waals surface area contributed by atoms with Crippen molar-refractivity contribution in [1.82, 2.24) is 4.98 Å². The summed E-state index contributed by atoms with van der Waals surface area (Å²) in [4.78, 5) is 6.71. The molecule has 1 saturated heterocycles. The fourth-order valence-electron chi connectivity index (χ4n) is 1.61. The van der Waals surface area contributed by atoms with Crippen molar-refractivity contribution in [3.8, 4) is 0 Å². The van der Waals surface area contributed by atoms with Gasteiger partial charge in [0, 0.05) is 19.3 Å². The van der Waals surface area contributed by atoms with Crippen molar-refractivity contribution >= 4 is 5.82 Å². The second-order valence-electron chi connectivity index (χ2n) is 3.48. The van der Waals surface area contributed by atoms with Crippen LogP contribution >= 0.6 is 0 Å². The van der Waals surface area contributed by atoms with E-state index in [1.807, 2.05) is 6.20 Å². The van der Waals surface area contributed by atoms with Crippen LogP contribution in [-0.2, 0) is 11.2 Å². The Bertz CT molecular complexity index is 278. The molecule has 0 atom stereocenters. The van der Waals surface area contributed by atoms with Gasteiger partial charge in [0.15, 0.2) is 0 Å². The van der Waals surface area contributed by atoms with Gasteiger partial charge >= 0.3 is 0 Å². The first-order valence-electron chi connectivity index (χ1n) is 5.18. The summed E-state index contributed by atoms with van der Waals surface area (Å²) < 4.78 is 5.30. The van der Waals surface area contributed by atoms with Crippen molar-refractivity contribution < 1.29 is 4.74 Å². The number of anilines is 1. The van der Waals surface area contributed by atoms with Crippen molar-refractivity contribution in [3.63, 3.8) is 0 Å². The number of aromatic nitrogens is 1. The molecule has 0 bridgehead atoms. The van der Waals surface area contributed by atoms with E-state index in [0.717, 1.165) is 38.5 Å². The van der Waals surface area contributed by atoms with E-state index >= 15 is 0 Å². The number of morpholine rings is 1. The molecule has 0 amide bonds. The first-order valence-corrected chi connectivity index (χ1v) is 5.18. The van der Waals surface area contributed by atoms with Crippen LogP contribution in [0.2, 0.25) is 0 Å². The van der Waals surface area contributed by atoms with E-state index in [2.05, 4.69) is 28.9 Å². The topological polar surface area (TPSA) is 25.4 Å². The largest absolute Gasteiger partial charge is 0.378 e. The van der Waals surface area contributed by atoms with Gasteiger partial charge in [0.25, 0.3) is 0 Å². The molecule has 1 aliphatic rings. The van der Waals surface area contributed by atoms with E-state index in [9.17, 15) is 0 Å². The Morgan fingerprint density at radius 3 is 2.71 bits per heavy atom. The number of nitrogens with zero attached hydrogens (tertiary/aromatic N) is 2. The average molecular weight is 192 g/mol. The molecule has 0 unspecified atom stereocenters. The molecule has 0 radical (unpaired) electrons. The molecule has 0 saturated carbocycles. The minimum Gasteiger partial charge on any atom is -0.378 e. The van der Waals surface area contributed by atoms with Gasteiger partial charge in [-0.3, -0.25) is 0 Å². The van der Waals surface area contributed by atoms with Gasteiger partial charge in [-0.25, -0.2) is 4.98 Å². The number of hydrogen-bond donors (Lipinski definition) is 0. The van der Waals surface area contributed by atoms with Gasteiger partial charge in [0.2, 0.25) is 0 Å². The zero-order valence-corrected chi connectivity index (χ0v) is 8.57. The summed E-state index contributed by atoms with van der Waals surface area (Å²) in [7, 11) is 0. The molecule has 0 aliphatic carbocycles. The fourth-order valence-corrected chi connectivity index (χ4v) is 1.61. The second kappa shape index (κ2) is 4.42. The number of rotatable bonds is 2. The minimum atomic E-state index is 0.817.